The monoisotopic (exact) mass is 258 g/mol. The van der Waals surface area contributed by atoms with Crippen molar-refractivity contribution < 1.29 is 9.18 Å². The predicted octanol–water partition coefficient (Wildman–Crippen LogP) is 3.46. The van der Waals surface area contributed by atoms with Crippen LogP contribution in [0.2, 0.25) is 0 Å². The first kappa shape index (κ1) is 13.1. The molecule has 2 rings (SSSR count). The highest BCUT2D eigenvalue weighted by Gasteiger charge is 2.04. The Morgan fingerprint density at radius 2 is 1.89 bits per heavy atom. The summed E-state index contributed by atoms with van der Waals surface area (Å²) in [7, 11) is 0. The highest BCUT2D eigenvalue weighted by molar-refractivity contribution is 5.89. The molecule has 0 aromatic heterocycles. The molecule has 3 nitrogen and oxygen atoms in total. The summed E-state index contributed by atoms with van der Waals surface area (Å²) in [5, 5.41) is 5.44. The Morgan fingerprint density at radius 1 is 1.16 bits per heavy atom. The molecule has 19 heavy (non-hydrogen) atoms. The number of nitrogens with one attached hydrogen (secondary N) is 2. The van der Waals surface area contributed by atoms with Crippen molar-refractivity contribution in [1.82, 2.24) is 5.32 Å². The third-order valence-electron chi connectivity index (χ3n) is 2.73. The van der Waals surface area contributed by atoms with E-state index in [1.54, 1.807) is 13.0 Å². The smallest absolute Gasteiger partial charge is 0.319 e. The second kappa shape index (κ2) is 6.00. The molecule has 0 spiro atoms. The summed E-state index contributed by atoms with van der Waals surface area (Å²) in [5.41, 5.74) is 2.32. The molecule has 2 aromatic rings. The van der Waals surface area contributed by atoms with Gasteiger partial charge in [-0.05, 0) is 36.2 Å². The Hall–Kier alpha value is -2.36. The molecule has 0 unspecified atom stereocenters. The molecule has 0 bridgehead atoms. The molecule has 0 radical (unpaired) electrons. The summed E-state index contributed by atoms with van der Waals surface area (Å²) in [4.78, 5) is 11.7. The van der Waals surface area contributed by atoms with Crippen LogP contribution in [-0.4, -0.2) is 6.03 Å². The van der Waals surface area contributed by atoms with E-state index in [9.17, 15) is 9.18 Å². The molecule has 0 aliphatic heterocycles. The summed E-state index contributed by atoms with van der Waals surface area (Å²) in [5.74, 6) is -0.312. The van der Waals surface area contributed by atoms with E-state index in [0.717, 1.165) is 5.56 Å². The van der Waals surface area contributed by atoms with E-state index >= 15 is 0 Å². The lowest BCUT2D eigenvalue weighted by molar-refractivity contribution is 0.251. The minimum absolute atomic E-state index is 0.307. The second-order valence-corrected chi connectivity index (χ2v) is 4.25. The number of urea groups is 1. The van der Waals surface area contributed by atoms with Gasteiger partial charge >= 0.3 is 6.03 Å². The van der Waals surface area contributed by atoms with Crippen molar-refractivity contribution in [2.45, 2.75) is 13.5 Å². The maximum atomic E-state index is 12.9. The maximum absolute atomic E-state index is 12.9. The van der Waals surface area contributed by atoms with Gasteiger partial charge in [0.05, 0.1) is 0 Å². The van der Waals surface area contributed by atoms with Crippen molar-refractivity contribution >= 4 is 11.7 Å². The zero-order chi connectivity index (χ0) is 13.7. The Kier molecular flexibility index (Phi) is 4.13. The topological polar surface area (TPSA) is 41.1 Å². The van der Waals surface area contributed by atoms with Crippen LogP contribution in [0.5, 0.6) is 0 Å². The van der Waals surface area contributed by atoms with E-state index < -0.39 is 0 Å². The average Bonchev–Trinajstić information content (AvgIpc) is 2.41. The van der Waals surface area contributed by atoms with Crippen molar-refractivity contribution in [3.63, 3.8) is 0 Å². The highest BCUT2D eigenvalue weighted by atomic mass is 19.1. The van der Waals surface area contributed by atoms with Crippen molar-refractivity contribution in [2.75, 3.05) is 5.32 Å². The summed E-state index contributed by atoms with van der Waals surface area (Å²) in [6.07, 6.45) is 0. The van der Waals surface area contributed by atoms with E-state index in [-0.39, 0.29) is 11.8 Å². The van der Waals surface area contributed by atoms with E-state index in [0.29, 0.717) is 17.8 Å². The lowest BCUT2D eigenvalue weighted by atomic mass is 10.2. The summed E-state index contributed by atoms with van der Waals surface area (Å²) < 4.78 is 12.9. The van der Waals surface area contributed by atoms with Crippen molar-refractivity contribution in [3.05, 3.63) is 65.5 Å². The SMILES string of the molecule is Cc1cc(F)ccc1NC(=O)NCc1ccccc1. The lowest BCUT2D eigenvalue weighted by Gasteiger charge is -2.10. The van der Waals surface area contributed by atoms with E-state index in [2.05, 4.69) is 10.6 Å². The quantitative estimate of drug-likeness (QED) is 0.869. The van der Waals surface area contributed by atoms with Crippen molar-refractivity contribution in [3.8, 4) is 0 Å². The Balaban J connectivity index is 1.91. The molecule has 0 heterocycles. The number of amides is 2. The normalized spacial score (nSPS) is 10.0. The minimum Gasteiger partial charge on any atom is -0.334 e. The molecule has 98 valence electrons. The third-order valence-corrected chi connectivity index (χ3v) is 2.73. The molecule has 0 saturated carbocycles. The predicted molar refractivity (Wildman–Crippen MR) is 73.4 cm³/mol. The van der Waals surface area contributed by atoms with Crippen LogP contribution in [0, 0.1) is 12.7 Å². The fourth-order valence-corrected chi connectivity index (χ4v) is 1.71. The average molecular weight is 258 g/mol. The van der Waals surface area contributed by atoms with Crippen LogP contribution in [0.3, 0.4) is 0 Å². The molecule has 0 atom stereocenters. The van der Waals surface area contributed by atoms with Crippen LogP contribution >= 0.6 is 0 Å². The molecule has 2 N–H and O–H groups in total. The molecule has 2 amide bonds. The van der Waals surface area contributed by atoms with Gasteiger partial charge in [0, 0.05) is 12.2 Å². The van der Waals surface area contributed by atoms with Crippen LogP contribution in [0.15, 0.2) is 48.5 Å². The number of rotatable bonds is 3. The molecule has 4 heteroatoms. The lowest BCUT2D eigenvalue weighted by Crippen LogP contribution is -2.28. The molecule has 0 aliphatic carbocycles. The zero-order valence-corrected chi connectivity index (χ0v) is 10.6. The molecule has 0 fully saturated rings. The highest BCUT2D eigenvalue weighted by Crippen LogP contribution is 2.15. The van der Waals surface area contributed by atoms with Gasteiger partial charge in [0.15, 0.2) is 0 Å². The van der Waals surface area contributed by atoms with Gasteiger partial charge in [0.25, 0.3) is 0 Å². The first-order valence-corrected chi connectivity index (χ1v) is 6.00. The van der Waals surface area contributed by atoms with Gasteiger partial charge in [0.2, 0.25) is 0 Å². The zero-order valence-electron chi connectivity index (χ0n) is 10.6. The van der Waals surface area contributed by atoms with Crippen molar-refractivity contribution in [2.24, 2.45) is 0 Å². The Bertz CT molecular complexity index is 570. The minimum atomic E-state index is -0.312. The van der Waals surface area contributed by atoms with Crippen LogP contribution in [0.4, 0.5) is 14.9 Å². The van der Waals surface area contributed by atoms with Gasteiger partial charge in [-0.3, -0.25) is 0 Å². The molecule has 0 aliphatic rings. The fraction of sp³-hybridized carbons (Fsp3) is 0.133. The number of hydrogen-bond donors (Lipinski definition) is 2. The summed E-state index contributed by atoms with van der Waals surface area (Å²) in [6.45, 7) is 2.20. The number of carbonyl (C=O) groups is 1. The fourth-order valence-electron chi connectivity index (χ4n) is 1.71. The largest absolute Gasteiger partial charge is 0.334 e. The Labute approximate surface area is 111 Å². The maximum Gasteiger partial charge on any atom is 0.319 e. The van der Waals surface area contributed by atoms with E-state index in [4.69, 9.17) is 0 Å². The first-order valence-electron chi connectivity index (χ1n) is 6.00. The van der Waals surface area contributed by atoms with Gasteiger partial charge < -0.3 is 10.6 Å². The molecule has 2 aromatic carbocycles. The number of carbonyl (C=O) groups excluding carboxylic acids is 1. The van der Waals surface area contributed by atoms with Crippen LogP contribution in [-0.2, 0) is 6.54 Å². The number of benzene rings is 2. The van der Waals surface area contributed by atoms with Gasteiger partial charge in [-0.25, -0.2) is 9.18 Å². The van der Waals surface area contributed by atoms with Gasteiger partial charge in [-0.1, -0.05) is 30.3 Å². The second-order valence-electron chi connectivity index (χ2n) is 4.25. The van der Waals surface area contributed by atoms with Gasteiger partial charge in [0.1, 0.15) is 5.82 Å². The number of halogens is 1. The standard InChI is InChI=1S/C15H15FN2O/c1-11-9-13(16)7-8-14(11)18-15(19)17-10-12-5-3-2-4-6-12/h2-9H,10H2,1H3,(H2,17,18,19). The van der Waals surface area contributed by atoms with E-state index in [1.165, 1.54) is 12.1 Å². The van der Waals surface area contributed by atoms with Crippen LogP contribution in [0.25, 0.3) is 0 Å². The Morgan fingerprint density at radius 3 is 2.58 bits per heavy atom. The number of aryl methyl sites for hydroxylation is 1. The summed E-state index contributed by atoms with van der Waals surface area (Å²) in [6, 6.07) is 13.6. The molecular weight excluding hydrogens is 243 g/mol. The summed E-state index contributed by atoms with van der Waals surface area (Å²) >= 11 is 0. The number of anilines is 1. The van der Waals surface area contributed by atoms with Crippen LogP contribution < -0.4 is 10.6 Å². The molecule has 0 saturated heterocycles. The van der Waals surface area contributed by atoms with Crippen molar-refractivity contribution in [1.29, 1.82) is 0 Å². The van der Waals surface area contributed by atoms with Crippen LogP contribution in [0.1, 0.15) is 11.1 Å². The van der Waals surface area contributed by atoms with Gasteiger partial charge in [-0.15, -0.1) is 0 Å². The number of hydrogen-bond acceptors (Lipinski definition) is 1. The van der Waals surface area contributed by atoms with E-state index in [1.807, 2.05) is 30.3 Å². The third kappa shape index (κ3) is 3.81. The first-order chi connectivity index (χ1) is 9.15. The van der Waals surface area contributed by atoms with Gasteiger partial charge in [-0.2, -0.15) is 0 Å². The molecular formula is C15H15FN2O.